The number of hydroxylamine groups is 1. The van der Waals surface area contributed by atoms with Crippen LogP contribution in [-0.4, -0.2) is 12.1 Å². The Balaban J connectivity index is 2.25. The van der Waals surface area contributed by atoms with Crippen LogP contribution in [0.3, 0.4) is 0 Å². The number of hydrogen-bond acceptors (Lipinski definition) is 3. The molecule has 0 unspecified atom stereocenters. The highest BCUT2D eigenvalue weighted by Crippen LogP contribution is 2.41. The van der Waals surface area contributed by atoms with Gasteiger partial charge in [-0.25, -0.2) is 0 Å². The van der Waals surface area contributed by atoms with Crippen molar-refractivity contribution >= 4 is 0 Å². The van der Waals surface area contributed by atoms with E-state index in [1.165, 1.54) is 5.56 Å². The molecule has 3 nitrogen and oxygen atoms in total. The molecule has 1 aromatic carbocycles. The second-order valence-corrected chi connectivity index (χ2v) is 4.38. The van der Waals surface area contributed by atoms with Gasteiger partial charge >= 0.3 is 0 Å². The highest BCUT2D eigenvalue weighted by Gasteiger charge is 2.32. The fraction of sp³-hybridized carbons (Fsp3) is 0.500. The van der Waals surface area contributed by atoms with Crippen LogP contribution < -0.4 is 15.1 Å². The summed E-state index contributed by atoms with van der Waals surface area (Å²) in [6, 6.07) is 6.00. The molecule has 82 valence electrons. The number of para-hydroxylation sites is 1. The van der Waals surface area contributed by atoms with E-state index < -0.39 is 0 Å². The van der Waals surface area contributed by atoms with Crippen LogP contribution in [-0.2, 0) is 6.42 Å². The summed E-state index contributed by atoms with van der Waals surface area (Å²) in [6.07, 6.45) is 0.936. The zero-order chi connectivity index (χ0) is 10.9. The van der Waals surface area contributed by atoms with E-state index in [2.05, 4.69) is 25.4 Å². The van der Waals surface area contributed by atoms with Crippen molar-refractivity contribution in [1.29, 1.82) is 0 Å². The van der Waals surface area contributed by atoms with Gasteiger partial charge in [-0.3, -0.25) is 0 Å². The highest BCUT2D eigenvalue weighted by atomic mass is 16.7. The smallest absolute Gasteiger partial charge is 0.189 e. The molecule has 1 N–H and O–H groups in total. The zero-order valence-electron chi connectivity index (χ0n) is 9.46. The Bertz CT molecular complexity index is 361. The number of fused-ring (bicyclic) bond motifs is 1. The Labute approximate surface area is 90.3 Å². The third-order valence-electron chi connectivity index (χ3n) is 2.38. The summed E-state index contributed by atoms with van der Waals surface area (Å²) in [5.41, 5.74) is 3.94. The minimum absolute atomic E-state index is 0.117. The third-order valence-corrected chi connectivity index (χ3v) is 2.38. The lowest BCUT2D eigenvalue weighted by atomic mass is 10.0. The topological polar surface area (TPSA) is 30.5 Å². The summed E-state index contributed by atoms with van der Waals surface area (Å²) in [5, 5.41) is 0. The van der Waals surface area contributed by atoms with Crippen molar-refractivity contribution in [2.75, 3.05) is 6.54 Å². The molecule has 0 radical (unpaired) electrons. The average Bonchev–Trinajstić information content (AvgIpc) is 2.49. The van der Waals surface area contributed by atoms with E-state index in [1.54, 1.807) is 0 Å². The van der Waals surface area contributed by atoms with Crippen molar-refractivity contribution in [2.24, 2.45) is 0 Å². The predicted molar refractivity (Wildman–Crippen MR) is 59.2 cm³/mol. The lowest BCUT2D eigenvalue weighted by Crippen LogP contribution is -2.25. The van der Waals surface area contributed by atoms with E-state index >= 15 is 0 Å². The Hall–Kier alpha value is -1.22. The lowest BCUT2D eigenvalue weighted by molar-refractivity contribution is 0.124. The Morgan fingerprint density at radius 3 is 3.00 bits per heavy atom. The third kappa shape index (κ3) is 2.07. The summed E-state index contributed by atoms with van der Waals surface area (Å²) in [5.74, 6) is 1.66. The normalized spacial score (nSPS) is 17.0. The molecule has 2 rings (SSSR count). The van der Waals surface area contributed by atoms with Crippen molar-refractivity contribution < 1.29 is 9.57 Å². The van der Waals surface area contributed by atoms with E-state index in [4.69, 9.17) is 9.57 Å². The fourth-order valence-electron chi connectivity index (χ4n) is 1.82. The van der Waals surface area contributed by atoms with Crippen LogP contribution in [0.5, 0.6) is 11.5 Å². The molecule has 0 aliphatic carbocycles. The van der Waals surface area contributed by atoms with E-state index in [-0.39, 0.29) is 5.60 Å². The Morgan fingerprint density at radius 1 is 1.47 bits per heavy atom. The SMILES string of the molecule is CCNOc1cccc2c1OC(C)(C)C2. The average molecular weight is 207 g/mol. The van der Waals surface area contributed by atoms with Crippen molar-refractivity contribution in [3.05, 3.63) is 23.8 Å². The molecule has 0 spiro atoms. The first-order valence-corrected chi connectivity index (χ1v) is 5.33. The first-order chi connectivity index (χ1) is 7.12. The largest absolute Gasteiger partial charge is 0.483 e. The number of rotatable bonds is 3. The first-order valence-electron chi connectivity index (χ1n) is 5.33. The second kappa shape index (κ2) is 3.74. The highest BCUT2D eigenvalue weighted by molar-refractivity contribution is 5.49. The second-order valence-electron chi connectivity index (χ2n) is 4.38. The number of nitrogens with one attached hydrogen (secondary N) is 1. The summed E-state index contributed by atoms with van der Waals surface area (Å²) in [6.45, 7) is 6.94. The van der Waals surface area contributed by atoms with Gasteiger partial charge in [0.1, 0.15) is 5.60 Å². The molecule has 0 fully saturated rings. The lowest BCUT2D eigenvalue weighted by Gasteiger charge is -2.18. The Morgan fingerprint density at radius 2 is 2.27 bits per heavy atom. The molecule has 1 aromatic rings. The van der Waals surface area contributed by atoms with Crippen LogP contribution in [0.1, 0.15) is 26.3 Å². The molecule has 1 aliphatic heterocycles. The maximum absolute atomic E-state index is 5.86. The molecule has 0 saturated carbocycles. The molecule has 0 amide bonds. The van der Waals surface area contributed by atoms with Crippen LogP contribution in [0, 0.1) is 0 Å². The maximum Gasteiger partial charge on any atom is 0.189 e. The summed E-state index contributed by atoms with van der Waals surface area (Å²) >= 11 is 0. The van der Waals surface area contributed by atoms with E-state index in [9.17, 15) is 0 Å². The maximum atomic E-state index is 5.86. The summed E-state index contributed by atoms with van der Waals surface area (Å²) in [7, 11) is 0. The standard InChI is InChI=1S/C12H17NO2/c1-4-13-15-10-7-5-6-9-8-12(2,3)14-11(9)10/h5-7,13H,4,8H2,1-3H3. The monoisotopic (exact) mass is 207 g/mol. The molecule has 0 bridgehead atoms. The van der Waals surface area contributed by atoms with Crippen molar-refractivity contribution in [2.45, 2.75) is 32.8 Å². The van der Waals surface area contributed by atoms with Gasteiger partial charge in [0.25, 0.3) is 0 Å². The molecular formula is C12H17NO2. The van der Waals surface area contributed by atoms with Crippen molar-refractivity contribution in [3.63, 3.8) is 0 Å². The summed E-state index contributed by atoms with van der Waals surface area (Å²) in [4.78, 5) is 5.42. The van der Waals surface area contributed by atoms with Crippen LogP contribution in [0.15, 0.2) is 18.2 Å². The predicted octanol–water partition coefficient (Wildman–Crippen LogP) is 2.30. The van der Waals surface area contributed by atoms with Crippen LogP contribution in [0.25, 0.3) is 0 Å². The van der Waals surface area contributed by atoms with Crippen LogP contribution in [0.4, 0.5) is 0 Å². The van der Waals surface area contributed by atoms with Crippen LogP contribution in [0.2, 0.25) is 0 Å². The summed E-state index contributed by atoms with van der Waals surface area (Å²) < 4.78 is 5.86. The van der Waals surface area contributed by atoms with Gasteiger partial charge in [0, 0.05) is 18.5 Å². The molecule has 0 atom stereocenters. The van der Waals surface area contributed by atoms with E-state index in [0.717, 1.165) is 24.5 Å². The zero-order valence-corrected chi connectivity index (χ0v) is 9.46. The molecule has 3 heteroatoms. The van der Waals surface area contributed by atoms with Gasteiger partial charge in [-0.2, -0.15) is 5.48 Å². The van der Waals surface area contributed by atoms with E-state index in [0.29, 0.717) is 0 Å². The van der Waals surface area contributed by atoms with E-state index in [1.807, 2.05) is 19.1 Å². The number of benzene rings is 1. The van der Waals surface area contributed by atoms with Gasteiger partial charge in [0.2, 0.25) is 0 Å². The minimum atomic E-state index is -0.117. The fourth-order valence-corrected chi connectivity index (χ4v) is 1.82. The molecule has 15 heavy (non-hydrogen) atoms. The minimum Gasteiger partial charge on any atom is -0.483 e. The van der Waals surface area contributed by atoms with Gasteiger partial charge in [-0.15, -0.1) is 0 Å². The number of ether oxygens (including phenoxy) is 1. The molecule has 0 saturated heterocycles. The van der Waals surface area contributed by atoms with Crippen LogP contribution >= 0.6 is 0 Å². The quantitative estimate of drug-likeness (QED) is 0.771. The van der Waals surface area contributed by atoms with Gasteiger partial charge in [-0.1, -0.05) is 12.1 Å². The first kappa shape index (κ1) is 10.3. The molecule has 1 heterocycles. The molecule has 1 aliphatic rings. The van der Waals surface area contributed by atoms with Gasteiger partial charge < -0.3 is 9.57 Å². The Kier molecular flexibility index (Phi) is 2.57. The molecular weight excluding hydrogens is 190 g/mol. The number of hydrogen-bond donors (Lipinski definition) is 1. The van der Waals surface area contributed by atoms with Crippen molar-refractivity contribution in [3.8, 4) is 11.5 Å². The molecule has 0 aromatic heterocycles. The van der Waals surface area contributed by atoms with Gasteiger partial charge in [-0.05, 0) is 26.8 Å². The van der Waals surface area contributed by atoms with Gasteiger partial charge in [0.05, 0.1) is 0 Å². The van der Waals surface area contributed by atoms with Crippen molar-refractivity contribution in [1.82, 2.24) is 5.48 Å². The van der Waals surface area contributed by atoms with Gasteiger partial charge in [0.15, 0.2) is 11.5 Å².